The molecule has 0 radical (unpaired) electrons. The van der Waals surface area contributed by atoms with Crippen LogP contribution < -0.4 is 5.73 Å². The molecule has 98 valence electrons. The minimum Gasteiger partial charge on any atom is -0.331 e. The molecule has 0 aliphatic carbocycles. The van der Waals surface area contributed by atoms with E-state index in [0.29, 0.717) is 6.54 Å². The Morgan fingerprint density at radius 3 is 1.62 bits per heavy atom. The van der Waals surface area contributed by atoms with Gasteiger partial charge in [-0.1, -0.05) is 0 Å². The van der Waals surface area contributed by atoms with Crippen LogP contribution in [-0.4, -0.2) is 29.8 Å². The average Bonchev–Trinajstić information content (AvgIpc) is 1.93. The van der Waals surface area contributed by atoms with Gasteiger partial charge in [-0.25, -0.2) is 4.57 Å². The topological polar surface area (TPSA) is 70.8 Å². The summed E-state index contributed by atoms with van der Waals surface area (Å²) in [6, 6.07) is 0. The lowest BCUT2D eigenvalue weighted by Crippen LogP contribution is -2.31. The highest BCUT2D eigenvalue weighted by molar-refractivity contribution is 7.52. The number of phosphoric acid groups is 1. The lowest BCUT2D eigenvalue weighted by atomic mass is 10.8. The van der Waals surface area contributed by atoms with Crippen molar-refractivity contribution in [3.8, 4) is 0 Å². The lowest BCUT2D eigenvalue weighted by Gasteiger charge is -2.29. The van der Waals surface area contributed by atoms with Crippen molar-refractivity contribution in [2.45, 2.75) is 39.3 Å². The first kappa shape index (κ1) is 16.5. The van der Waals surface area contributed by atoms with Gasteiger partial charge in [0.15, 0.2) is 16.6 Å². The van der Waals surface area contributed by atoms with Crippen molar-refractivity contribution < 1.29 is 17.5 Å². The average molecular weight is 285 g/mol. The van der Waals surface area contributed by atoms with Gasteiger partial charge in [-0.15, -0.1) is 0 Å². The van der Waals surface area contributed by atoms with E-state index in [1.165, 1.54) is 0 Å². The van der Waals surface area contributed by atoms with Crippen molar-refractivity contribution in [3.63, 3.8) is 0 Å². The molecule has 8 heteroatoms. The van der Waals surface area contributed by atoms with Crippen molar-refractivity contribution in [2.75, 3.05) is 13.2 Å². The van der Waals surface area contributed by atoms with Gasteiger partial charge in [-0.05, 0) is 39.3 Å². The normalized spacial score (nSPS) is 14.2. The SMILES string of the molecule is C[Si](C)(C)OP(=O)(OCCN)O[Si](C)(C)C. The van der Waals surface area contributed by atoms with Crippen LogP contribution in [0, 0.1) is 0 Å². The maximum atomic E-state index is 12.4. The summed E-state index contributed by atoms with van der Waals surface area (Å²) in [4.78, 5) is 0. The first-order valence-electron chi connectivity index (χ1n) is 5.34. The minimum absolute atomic E-state index is 0.187. The van der Waals surface area contributed by atoms with Crippen LogP contribution in [0.25, 0.3) is 0 Å². The van der Waals surface area contributed by atoms with Gasteiger partial charge >= 0.3 is 7.82 Å². The quantitative estimate of drug-likeness (QED) is 0.575. The fourth-order valence-corrected chi connectivity index (χ4v) is 7.51. The van der Waals surface area contributed by atoms with E-state index in [1.807, 2.05) is 39.3 Å². The fraction of sp³-hybridized carbons (Fsp3) is 1.00. The molecule has 0 saturated heterocycles. The molecule has 0 aromatic carbocycles. The van der Waals surface area contributed by atoms with Gasteiger partial charge < -0.3 is 14.2 Å². The van der Waals surface area contributed by atoms with Crippen LogP contribution in [0.3, 0.4) is 0 Å². The van der Waals surface area contributed by atoms with Crippen LogP contribution >= 0.6 is 7.82 Å². The second kappa shape index (κ2) is 5.90. The van der Waals surface area contributed by atoms with Crippen LogP contribution in [0.1, 0.15) is 0 Å². The molecule has 0 aliphatic heterocycles. The van der Waals surface area contributed by atoms with Gasteiger partial charge in [0.25, 0.3) is 0 Å². The fourth-order valence-electron chi connectivity index (χ4n) is 0.907. The molecule has 0 aliphatic rings. The van der Waals surface area contributed by atoms with E-state index in [0.717, 1.165) is 0 Å². The van der Waals surface area contributed by atoms with Crippen LogP contribution in [0.5, 0.6) is 0 Å². The molecule has 0 heterocycles. The second-order valence-electron chi connectivity index (χ2n) is 5.48. The van der Waals surface area contributed by atoms with Crippen LogP contribution in [-0.2, 0) is 17.5 Å². The van der Waals surface area contributed by atoms with Gasteiger partial charge in [-0.3, -0.25) is 4.52 Å². The largest absolute Gasteiger partial charge is 0.455 e. The van der Waals surface area contributed by atoms with Gasteiger partial charge in [0.05, 0.1) is 6.61 Å². The Morgan fingerprint density at radius 2 is 1.38 bits per heavy atom. The van der Waals surface area contributed by atoms with Gasteiger partial charge in [-0.2, -0.15) is 0 Å². The first-order chi connectivity index (χ1) is 6.97. The van der Waals surface area contributed by atoms with E-state index in [4.69, 9.17) is 18.7 Å². The third kappa shape index (κ3) is 8.63. The zero-order valence-corrected chi connectivity index (χ0v) is 14.0. The van der Waals surface area contributed by atoms with Crippen molar-refractivity contribution in [1.82, 2.24) is 0 Å². The van der Waals surface area contributed by atoms with Crippen molar-refractivity contribution in [1.29, 1.82) is 0 Å². The second-order valence-corrected chi connectivity index (χ2v) is 16.5. The summed E-state index contributed by atoms with van der Waals surface area (Å²) in [5.41, 5.74) is 5.33. The van der Waals surface area contributed by atoms with Gasteiger partial charge in [0.2, 0.25) is 0 Å². The number of rotatable bonds is 7. The molecule has 16 heavy (non-hydrogen) atoms. The monoisotopic (exact) mass is 285 g/mol. The molecule has 2 N–H and O–H groups in total. The highest BCUT2D eigenvalue weighted by atomic mass is 31.2. The zero-order chi connectivity index (χ0) is 13.0. The van der Waals surface area contributed by atoms with Crippen molar-refractivity contribution in [3.05, 3.63) is 0 Å². The zero-order valence-electron chi connectivity index (χ0n) is 11.1. The van der Waals surface area contributed by atoms with E-state index in [9.17, 15) is 4.57 Å². The summed E-state index contributed by atoms with van der Waals surface area (Å²) < 4.78 is 28.6. The van der Waals surface area contributed by atoms with Crippen LogP contribution in [0.4, 0.5) is 0 Å². The maximum absolute atomic E-state index is 12.4. The molecule has 0 atom stereocenters. The smallest absolute Gasteiger partial charge is 0.331 e. The van der Waals surface area contributed by atoms with Gasteiger partial charge in [0, 0.05) is 6.54 Å². The summed E-state index contributed by atoms with van der Waals surface area (Å²) >= 11 is 0. The summed E-state index contributed by atoms with van der Waals surface area (Å²) in [6.07, 6.45) is 0. The Labute approximate surface area is 101 Å². The molecule has 0 amide bonds. The van der Waals surface area contributed by atoms with E-state index >= 15 is 0 Å². The van der Waals surface area contributed by atoms with E-state index < -0.39 is 24.5 Å². The van der Waals surface area contributed by atoms with Crippen molar-refractivity contribution in [2.24, 2.45) is 5.73 Å². The molecule has 0 rings (SSSR count). The highest BCUT2D eigenvalue weighted by Gasteiger charge is 2.37. The molecule has 0 bridgehead atoms. The Bertz CT molecular complexity index is 242. The Hall–Kier alpha value is 0.504. The molecule has 0 fully saturated rings. The Kier molecular flexibility index (Phi) is 6.09. The van der Waals surface area contributed by atoms with E-state index in [2.05, 4.69) is 0 Å². The number of nitrogens with two attached hydrogens (primary N) is 1. The van der Waals surface area contributed by atoms with Crippen LogP contribution in [0.2, 0.25) is 39.3 Å². The third-order valence-electron chi connectivity index (χ3n) is 1.14. The van der Waals surface area contributed by atoms with E-state index in [1.54, 1.807) is 0 Å². The molecular formula is C8H24NO4PSi2. The molecule has 0 saturated carbocycles. The van der Waals surface area contributed by atoms with Crippen LogP contribution in [0.15, 0.2) is 0 Å². The highest BCUT2D eigenvalue weighted by Crippen LogP contribution is 2.53. The Morgan fingerprint density at radius 1 is 1.00 bits per heavy atom. The molecule has 0 spiro atoms. The maximum Gasteiger partial charge on any atom is 0.455 e. The van der Waals surface area contributed by atoms with E-state index in [-0.39, 0.29) is 6.61 Å². The molecular weight excluding hydrogens is 261 g/mol. The van der Waals surface area contributed by atoms with Crippen molar-refractivity contribution >= 4 is 24.5 Å². The summed E-state index contributed by atoms with van der Waals surface area (Å²) in [6.45, 7) is 12.1. The van der Waals surface area contributed by atoms with Gasteiger partial charge in [0.1, 0.15) is 0 Å². The summed E-state index contributed by atoms with van der Waals surface area (Å²) in [7, 11) is -7.38. The first-order valence-corrected chi connectivity index (χ1v) is 13.6. The standard InChI is InChI=1S/C8H24NO4PSi2/c1-15(2,3)12-14(10,11-8-7-9)13-16(4,5)6/h7-9H2,1-6H3. The molecule has 5 nitrogen and oxygen atoms in total. The summed E-state index contributed by atoms with van der Waals surface area (Å²) in [5, 5.41) is 0. The number of hydrogen-bond acceptors (Lipinski definition) is 5. The lowest BCUT2D eigenvalue weighted by molar-refractivity contribution is 0.211. The predicted molar refractivity (Wildman–Crippen MR) is 71.5 cm³/mol. The number of hydrogen-bond donors (Lipinski definition) is 1. The molecule has 0 unspecified atom stereocenters. The Balaban J connectivity index is 4.69. The predicted octanol–water partition coefficient (Wildman–Crippen LogP) is 2.77. The minimum atomic E-state index is -3.44. The third-order valence-corrected chi connectivity index (χ3v) is 7.81. The molecule has 0 aromatic rings. The molecule has 0 aromatic heterocycles. The summed E-state index contributed by atoms with van der Waals surface area (Å²) in [5.74, 6) is 0.